The van der Waals surface area contributed by atoms with Crippen LogP contribution in [0.2, 0.25) is 0 Å². The molecule has 0 aromatic rings. The second-order valence-electron chi connectivity index (χ2n) is 5.17. The van der Waals surface area contributed by atoms with Gasteiger partial charge >= 0.3 is 0 Å². The molecule has 3 nitrogen and oxygen atoms in total. The van der Waals surface area contributed by atoms with E-state index in [1.54, 1.807) is 0 Å². The van der Waals surface area contributed by atoms with E-state index < -0.39 is 0 Å². The number of aliphatic hydroxyl groups excluding tert-OH is 1. The molecule has 0 atom stereocenters. The van der Waals surface area contributed by atoms with E-state index >= 15 is 0 Å². The zero-order chi connectivity index (χ0) is 12.5. The highest BCUT2D eigenvalue weighted by molar-refractivity contribution is 4.82. The van der Waals surface area contributed by atoms with Crippen molar-refractivity contribution in [1.82, 2.24) is 10.2 Å². The molecule has 0 aliphatic heterocycles. The van der Waals surface area contributed by atoms with Gasteiger partial charge in [-0.25, -0.2) is 0 Å². The Morgan fingerprint density at radius 1 is 1.18 bits per heavy atom. The first-order chi connectivity index (χ1) is 8.31. The molecule has 1 aliphatic rings. The first kappa shape index (κ1) is 14.9. The van der Waals surface area contributed by atoms with Crippen LogP contribution < -0.4 is 5.32 Å². The zero-order valence-electron chi connectivity index (χ0n) is 11.6. The van der Waals surface area contributed by atoms with Crippen molar-refractivity contribution in [3.05, 3.63) is 0 Å². The lowest BCUT2D eigenvalue weighted by Gasteiger charge is -2.36. The monoisotopic (exact) mass is 242 g/mol. The maximum atomic E-state index is 8.91. The Balaban J connectivity index is 2.24. The van der Waals surface area contributed by atoms with Crippen LogP contribution in [0.15, 0.2) is 0 Å². The molecule has 1 saturated carbocycles. The Morgan fingerprint density at radius 3 is 2.41 bits per heavy atom. The van der Waals surface area contributed by atoms with Crippen LogP contribution in [-0.4, -0.2) is 48.3 Å². The number of nitrogens with zero attached hydrogens (tertiary/aromatic N) is 1. The average Bonchev–Trinajstić information content (AvgIpc) is 2.38. The highest BCUT2D eigenvalue weighted by Gasteiger charge is 2.24. The van der Waals surface area contributed by atoms with Crippen molar-refractivity contribution >= 4 is 0 Å². The summed E-state index contributed by atoms with van der Waals surface area (Å²) in [5.41, 5.74) is 0. The number of hydrogen-bond acceptors (Lipinski definition) is 3. The molecule has 1 rings (SSSR count). The van der Waals surface area contributed by atoms with Gasteiger partial charge in [0.15, 0.2) is 0 Å². The van der Waals surface area contributed by atoms with E-state index in [1.807, 2.05) is 0 Å². The van der Waals surface area contributed by atoms with E-state index in [2.05, 4.69) is 24.1 Å². The third kappa shape index (κ3) is 5.36. The minimum absolute atomic E-state index is 0.323. The van der Waals surface area contributed by atoms with Crippen molar-refractivity contribution in [3.8, 4) is 0 Å². The van der Waals surface area contributed by atoms with Crippen LogP contribution in [0.3, 0.4) is 0 Å². The molecule has 0 bridgehead atoms. The normalized spacial score (nSPS) is 25.4. The zero-order valence-corrected chi connectivity index (χ0v) is 11.6. The van der Waals surface area contributed by atoms with Crippen molar-refractivity contribution in [3.63, 3.8) is 0 Å². The Labute approximate surface area is 107 Å². The Bertz CT molecular complexity index is 179. The Kier molecular flexibility index (Phi) is 7.82. The Morgan fingerprint density at radius 2 is 1.88 bits per heavy atom. The van der Waals surface area contributed by atoms with E-state index in [0.717, 1.165) is 38.1 Å². The predicted octanol–water partition coefficient (Wildman–Crippen LogP) is 2.00. The van der Waals surface area contributed by atoms with Gasteiger partial charge in [0.05, 0.1) is 0 Å². The molecule has 0 spiro atoms. The third-order valence-corrected chi connectivity index (χ3v) is 3.91. The highest BCUT2D eigenvalue weighted by atomic mass is 16.3. The molecular formula is C14H30N2O. The lowest BCUT2D eigenvalue weighted by atomic mass is 9.90. The smallest absolute Gasteiger partial charge is 0.0443 e. The van der Waals surface area contributed by atoms with Gasteiger partial charge in [0, 0.05) is 25.2 Å². The molecule has 1 fully saturated rings. The molecule has 0 heterocycles. The molecular weight excluding hydrogens is 212 g/mol. The second kappa shape index (κ2) is 8.90. The fourth-order valence-electron chi connectivity index (χ4n) is 2.87. The Hall–Kier alpha value is -0.120. The van der Waals surface area contributed by atoms with Crippen molar-refractivity contribution in [2.45, 2.75) is 64.5 Å². The maximum Gasteiger partial charge on any atom is 0.0443 e. The quantitative estimate of drug-likeness (QED) is 0.683. The van der Waals surface area contributed by atoms with Crippen molar-refractivity contribution in [2.24, 2.45) is 0 Å². The fraction of sp³-hybridized carbons (Fsp3) is 1.00. The molecule has 102 valence electrons. The molecule has 17 heavy (non-hydrogen) atoms. The average molecular weight is 242 g/mol. The molecule has 0 aromatic heterocycles. The van der Waals surface area contributed by atoms with Gasteiger partial charge in [0.1, 0.15) is 0 Å². The van der Waals surface area contributed by atoms with Crippen molar-refractivity contribution in [2.75, 3.05) is 26.2 Å². The standard InChI is InChI=1S/C14H30N2O/c1-3-10-15-13-6-8-14(9-7-13)16(4-2)11-5-12-17/h13-15,17H,3-12H2,1-2H3. The van der Waals surface area contributed by atoms with Crippen molar-refractivity contribution in [1.29, 1.82) is 0 Å². The third-order valence-electron chi connectivity index (χ3n) is 3.91. The van der Waals surface area contributed by atoms with Gasteiger partial charge in [-0.15, -0.1) is 0 Å². The van der Waals surface area contributed by atoms with Gasteiger partial charge in [0.25, 0.3) is 0 Å². The van der Waals surface area contributed by atoms with Crippen LogP contribution in [0.25, 0.3) is 0 Å². The molecule has 3 heteroatoms. The summed E-state index contributed by atoms with van der Waals surface area (Å²) in [6.45, 7) is 8.13. The maximum absolute atomic E-state index is 8.91. The van der Waals surface area contributed by atoms with Crippen LogP contribution in [0.1, 0.15) is 52.4 Å². The fourth-order valence-corrected chi connectivity index (χ4v) is 2.87. The van der Waals surface area contributed by atoms with Crippen LogP contribution in [-0.2, 0) is 0 Å². The molecule has 0 radical (unpaired) electrons. The van der Waals surface area contributed by atoms with Crippen LogP contribution in [0.5, 0.6) is 0 Å². The van der Waals surface area contributed by atoms with E-state index in [1.165, 1.54) is 32.1 Å². The van der Waals surface area contributed by atoms with Gasteiger partial charge in [-0.1, -0.05) is 13.8 Å². The summed E-state index contributed by atoms with van der Waals surface area (Å²) in [7, 11) is 0. The molecule has 0 aromatic carbocycles. The number of aliphatic hydroxyl groups is 1. The van der Waals surface area contributed by atoms with Crippen LogP contribution in [0, 0.1) is 0 Å². The number of nitrogens with one attached hydrogen (secondary N) is 1. The lowest BCUT2D eigenvalue weighted by molar-refractivity contribution is 0.138. The minimum atomic E-state index is 0.323. The van der Waals surface area contributed by atoms with E-state index in [4.69, 9.17) is 5.11 Å². The number of rotatable bonds is 8. The van der Waals surface area contributed by atoms with Gasteiger partial charge in [-0.2, -0.15) is 0 Å². The van der Waals surface area contributed by atoms with Crippen molar-refractivity contribution < 1.29 is 5.11 Å². The summed E-state index contributed by atoms with van der Waals surface area (Å²) in [5.74, 6) is 0. The molecule has 0 saturated heterocycles. The molecule has 0 unspecified atom stereocenters. The van der Waals surface area contributed by atoms with E-state index in [9.17, 15) is 0 Å². The second-order valence-corrected chi connectivity index (χ2v) is 5.17. The predicted molar refractivity (Wildman–Crippen MR) is 73.3 cm³/mol. The largest absolute Gasteiger partial charge is 0.396 e. The topological polar surface area (TPSA) is 35.5 Å². The molecule has 0 amide bonds. The summed E-state index contributed by atoms with van der Waals surface area (Å²) in [6, 6.07) is 1.51. The van der Waals surface area contributed by atoms with Crippen LogP contribution >= 0.6 is 0 Å². The summed E-state index contributed by atoms with van der Waals surface area (Å²) in [5, 5.41) is 12.5. The first-order valence-corrected chi connectivity index (χ1v) is 7.40. The number of hydrogen-bond donors (Lipinski definition) is 2. The van der Waals surface area contributed by atoms with Crippen LogP contribution in [0.4, 0.5) is 0 Å². The van der Waals surface area contributed by atoms with E-state index in [0.29, 0.717) is 6.61 Å². The molecule has 1 aliphatic carbocycles. The molecule has 2 N–H and O–H groups in total. The summed E-state index contributed by atoms with van der Waals surface area (Å²) < 4.78 is 0. The summed E-state index contributed by atoms with van der Waals surface area (Å²) >= 11 is 0. The highest BCUT2D eigenvalue weighted by Crippen LogP contribution is 2.23. The SMILES string of the molecule is CCCNC1CCC(N(CC)CCCO)CC1. The summed E-state index contributed by atoms with van der Waals surface area (Å²) in [6.07, 6.45) is 7.43. The van der Waals surface area contributed by atoms with Gasteiger partial charge in [-0.05, 0) is 51.6 Å². The van der Waals surface area contributed by atoms with Gasteiger partial charge < -0.3 is 15.3 Å². The minimum Gasteiger partial charge on any atom is -0.396 e. The van der Waals surface area contributed by atoms with Gasteiger partial charge in [-0.3, -0.25) is 0 Å². The first-order valence-electron chi connectivity index (χ1n) is 7.40. The van der Waals surface area contributed by atoms with Gasteiger partial charge in [0.2, 0.25) is 0 Å². The van der Waals surface area contributed by atoms with E-state index in [-0.39, 0.29) is 0 Å². The lowest BCUT2D eigenvalue weighted by Crippen LogP contribution is -2.43. The summed E-state index contributed by atoms with van der Waals surface area (Å²) in [4.78, 5) is 2.55.